The molecule has 0 aromatic rings. The van der Waals surface area contributed by atoms with E-state index in [-0.39, 0.29) is 19.1 Å². The van der Waals surface area contributed by atoms with Crippen LogP contribution in [0.4, 0.5) is 4.79 Å². The lowest BCUT2D eigenvalue weighted by Gasteiger charge is -2.37. The van der Waals surface area contributed by atoms with E-state index in [4.69, 9.17) is 5.73 Å². The summed E-state index contributed by atoms with van der Waals surface area (Å²) in [7, 11) is 1.91. The third-order valence-electron chi connectivity index (χ3n) is 3.65. The van der Waals surface area contributed by atoms with Crippen molar-refractivity contribution in [1.29, 1.82) is 0 Å². The number of alkyl carbamates (subject to hydrolysis) is 1. The van der Waals surface area contributed by atoms with Gasteiger partial charge < -0.3 is 10.5 Å². The first-order chi connectivity index (χ1) is 9.08. The monoisotopic (exact) mass is 271 g/mol. The number of hydrogen-bond donors (Lipinski definition) is 2. The number of carbonyl (C=O) groups is 2. The van der Waals surface area contributed by atoms with E-state index in [2.05, 4.69) is 10.1 Å². The first-order valence-electron chi connectivity index (χ1n) is 6.95. The van der Waals surface area contributed by atoms with Crippen molar-refractivity contribution in [2.75, 3.05) is 26.7 Å². The van der Waals surface area contributed by atoms with Crippen LogP contribution in [0.15, 0.2) is 0 Å². The van der Waals surface area contributed by atoms with Crippen LogP contribution in [-0.4, -0.2) is 49.7 Å². The van der Waals surface area contributed by atoms with Crippen molar-refractivity contribution in [2.45, 2.75) is 38.6 Å². The fourth-order valence-electron chi connectivity index (χ4n) is 2.71. The zero-order valence-corrected chi connectivity index (χ0v) is 11.9. The Morgan fingerprint density at radius 2 is 2.05 bits per heavy atom. The van der Waals surface area contributed by atoms with Gasteiger partial charge in [0.25, 0.3) is 0 Å². The van der Waals surface area contributed by atoms with E-state index >= 15 is 0 Å². The predicted molar refractivity (Wildman–Crippen MR) is 72.6 cm³/mol. The molecular formula is C13H25N3O3. The quantitative estimate of drug-likeness (QED) is 0.769. The summed E-state index contributed by atoms with van der Waals surface area (Å²) in [6.07, 6.45) is 3.88. The van der Waals surface area contributed by atoms with Crippen LogP contribution >= 0.6 is 0 Å². The van der Waals surface area contributed by atoms with Crippen LogP contribution in [0, 0.1) is 5.92 Å². The molecule has 0 radical (unpaired) electrons. The number of imide groups is 1. The van der Waals surface area contributed by atoms with Crippen LogP contribution in [0.3, 0.4) is 0 Å². The lowest BCUT2D eigenvalue weighted by Crippen LogP contribution is -2.47. The fourth-order valence-corrected chi connectivity index (χ4v) is 2.71. The second-order valence-corrected chi connectivity index (χ2v) is 5.03. The Morgan fingerprint density at radius 3 is 2.68 bits per heavy atom. The van der Waals surface area contributed by atoms with Gasteiger partial charge in [-0.15, -0.1) is 0 Å². The minimum absolute atomic E-state index is 0.194. The molecule has 0 aliphatic heterocycles. The van der Waals surface area contributed by atoms with E-state index in [0.717, 1.165) is 12.8 Å². The maximum Gasteiger partial charge on any atom is 0.413 e. The van der Waals surface area contributed by atoms with Gasteiger partial charge in [-0.3, -0.25) is 15.0 Å². The molecule has 2 amide bonds. The van der Waals surface area contributed by atoms with E-state index in [9.17, 15) is 9.59 Å². The van der Waals surface area contributed by atoms with Crippen molar-refractivity contribution in [3.8, 4) is 0 Å². The molecule has 19 heavy (non-hydrogen) atoms. The molecular weight excluding hydrogens is 246 g/mol. The maximum absolute atomic E-state index is 11.7. The highest BCUT2D eigenvalue weighted by Gasteiger charge is 2.28. The normalized spacial score (nSPS) is 23.2. The van der Waals surface area contributed by atoms with Crippen molar-refractivity contribution < 1.29 is 14.3 Å². The maximum atomic E-state index is 11.7. The lowest BCUT2D eigenvalue weighted by molar-refractivity contribution is -0.122. The molecule has 0 heterocycles. The molecule has 1 aliphatic rings. The van der Waals surface area contributed by atoms with Gasteiger partial charge in [-0.1, -0.05) is 12.8 Å². The molecule has 0 bridgehead atoms. The number of amides is 2. The van der Waals surface area contributed by atoms with Gasteiger partial charge in [0, 0.05) is 6.04 Å². The van der Waals surface area contributed by atoms with Gasteiger partial charge in [-0.05, 0) is 39.3 Å². The predicted octanol–water partition coefficient (Wildman–Crippen LogP) is 0.708. The number of hydrogen-bond acceptors (Lipinski definition) is 5. The SMILES string of the molecule is CCOC(=O)NC(=O)CN(C)C1CCCCC1CN. The van der Waals surface area contributed by atoms with Crippen LogP contribution in [0.25, 0.3) is 0 Å². The third kappa shape index (κ3) is 5.16. The van der Waals surface area contributed by atoms with Crippen LogP contribution in [-0.2, 0) is 9.53 Å². The van der Waals surface area contributed by atoms with Crippen LogP contribution in [0.1, 0.15) is 32.6 Å². The van der Waals surface area contributed by atoms with E-state index in [1.54, 1.807) is 6.92 Å². The molecule has 1 aliphatic carbocycles. The molecule has 2 unspecified atom stereocenters. The molecule has 6 heteroatoms. The van der Waals surface area contributed by atoms with Crippen LogP contribution < -0.4 is 11.1 Å². The summed E-state index contributed by atoms with van der Waals surface area (Å²) in [5.74, 6) is 0.108. The Balaban J connectivity index is 2.42. The third-order valence-corrected chi connectivity index (χ3v) is 3.65. The second kappa shape index (κ2) is 8.12. The lowest BCUT2D eigenvalue weighted by atomic mass is 9.84. The highest BCUT2D eigenvalue weighted by Crippen LogP contribution is 2.26. The Morgan fingerprint density at radius 1 is 1.37 bits per heavy atom. The number of nitrogens with zero attached hydrogens (tertiary/aromatic N) is 1. The molecule has 1 saturated carbocycles. The molecule has 1 fully saturated rings. The molecule has 0 saturated heterocycles. The molecule has 0 aromatic heterocycles. The molecule has 2 atom stereocenters. The van der Waals surface area contributed by atoms with Crippen molar-refractivity contribution in [3.63, 3.8) is 0 Å². The molecule has 0 aromatic carbocycles. The Bertz CT molecular complexity index is 310. The van der Waals surface area contributed by atoms with Crippen LogP contribution in [0.5, 0.6) is 0 Å². The minimum Gasteiger partial charge on any atom is -0.450 e. The Labute approximate surface area is 114 Å². The van der Waals surface area contributed by atoms with Gasteiger partial charge in [0.15, 0.2) is 0 Å². The standard InChI is InChI=1S/C13H25N3O3/c1-3-19-13(18)15-12(17)9-16(2)11-7-5-4-6-10(11)8-14/h10-11H,3-9,14H2,1-2H3,(H,15,17,18). The summed E-state index contributed by atoms with van der Waals surface area (Å²) in [4.78, 5) is 24.8. The number of rotatable bonds is 5. The second-order valence-electron chi connectivity index (χ2n) is 5.03. The molecule has 6 nitrogen and oxygen atoms in total. The first kappa shape index (κ1) is 15.9. The zero-order valence-electron chi connectivity index (χ0n) is 11.9. The zero-order chi connectivity index (χ0) is 14.3. The van der Waals surface area contributed by atoms with E-state index in [0.29, 0.717) is 18.5 Å². The molecule has 0 spiro atoms. The van der Waals surface area contributed by atoms with Crippen LogP contribution in [0.2, 0.25) is 0 Å². The summed E-state index contributed by atoms with van der Waals surface area (Å²) >= 11 is 0. The van der Waals surface area contributed by atoms with Gasteiger partial charge in [0.1, 0.15) is 0 Å². The summed E-state index contributed by atoms with van der Waals surface area (Å²) in [5, 5.41) is 2.21. The van der Waals surface area contributed by atoms with Gasteiger partial charge >= 0.3 is 6.09 Å². The number of ether oxygens (including phenoxy) is 1. The molecule has 110 valence electrons. The number of carbonyl (C=O) groups excluding carboxylic acids is 2. The summed E-state index contributed by atoms with van der Waals surface area (Å²) in [5.41, 5.74) is 5.78. The van der Waals surface area contributed by atoms with E-state index < -0.39 is 6.09 Å². The largest absolute Gasteiger partial charge is 0.450 e. The smallest absolute Gasteiger partial charge is 0.413 e. The Hall–Kier alpha value is -1.14. The Kier molecular flexibility index (Phi) is 6.80. The van der Waals surface area contributed by atoms with Crippen molar-refractivity contribution >= 4 is 12.0 Å². The number of nitrogens with two attached hydrogens (primary N) is 1. The van der Waals surface area contributed by atoms with Gasteiger partial charge in [0.05, 0.1) is 13.2 Å². The first-order valence-corrected chi connectivity index (χ1v) is 6.95. The summed E-state index contributed by atoms with van der Waals surface area (Å²) in [6.45, 7) is 2.80. The fraction of sp³-hybridized carbons (Fsp3) is 0.846. The average Bonchev–Trinajstić information content (AvgIpc) is 2.38. The van der Waals surface area contributed by atoms with Crippen molar-refractivity contribution in [2.24, 2.45) is 11.7 Å². The van der Waals surface area contributed by atoms with Crippen molar-refractivity contribution in [3.05, 3.63) is 0 Å². The number of likely N-dealkylation sites (N-methyl/N-ethyl adjacent to an activating group) is 1. The minimum atomic E-state index is -0.681. The molecule has 3 N–H and O–H groups in total. The van der Waals surface area contributed by atoms with E-state index in [1.165, 1.54) is 12.8 Å². The van der Waals surface area contributed by atoms with Gasteiger partial charge in [0.2, 0.25) is 5.91 Å². The highest BCUT2D eigenvalue weighted by atomic mass is 16.5. The molecule has 1 rings (SSSR count). The van der Waals surface area contributed by atoms with E-state index in [1.807, 2.05) is 11.9 Å². The van der Waals surface area contributed by atoms with Crippen molar-refractivity contribution in [1.82, 2.24) is 10.2 Å². The summed E-state index contributed by atoms with van der Waals surface area (Å²) < 4.78 is 4.67. The topological polar surface area (TPSA) is 84.7 Å². The average molecular weight is 271 g/mol. The number of nitrogens with one attached hydrogen (secondary N) is 1. The van der Waals surface area contributed by atoms with Gasteiger partial charge in [-0.2, -0.15) is 0 Å². The van der Waals surface area contributed by atoms with Gasteiger partial charge in [-0.25, -0.2) is 4.79 Å². The summed E-state index contributed by atoms with van der Waals surface area (Å²) in [6, 6.07) is 0.326. The highest BCUT2D eigenvalue weighted by molar-refractivity contribution is 5.92.